The Morgan fingerprint density at radius 2 is 2.33 bits per heavy atom. The average Bonchev–Trinajstić information content (AvgIpc) is 2.72. The molecule has 0 bridgehead atoms. The molecule has 0 spiro atoms. The lowest BCUT2D eigenvalue weighted by Crippen LogP contribution is -2.44. The molecule has 6 heteroatoms. The van der Waals surface area contributed by atoms with Crippen molar-refractivity contribution in [3.05, 3.63) is 10.4 Å². The van der Waals surface area contributed by atoms with Crippen molar-refractivity contribution < 1.29 is 9.53 Å². The molecule has 0 saturated carbocycles. The fourth-order valence-corrected chi connectivity index (χ4v) is 2.28. The van der Waals surface area contributed by atoms with Crippen molar-refractivity contribution in [3.8, 4) is 0 Å². The molecule has 0 aromatic carbocycles. The molecule has 15 heavy (non-hydrogen) atoms. The van der Waals surface area contributed by atoms with Crippen molar-refractivity contribution in [2.75, 3.05) is 32.8 Å². The van der Waals surface area contributed by atoms with E-state index in [1.54, 1.807) is 4.90 Å². The van der Waals surface area contributed by atoms with Crippen LogP contribution < -0.4 is 0 Å². The number of ether oxygens (including phenoxy) is 1. The van der Waals surface area contributed by atoms with Gasteiger partial charge in [0.05, 0.1) is 6.61 Å². The van der Waals surface area contributed by atoms with Gasteiger partial charge in [-0.25, -0.2) is 0 Å². The third kappa shape index (κ3) is 2.22. The van der Waals surface area contributed by atoms with Crippen LogP contribution in [-0.4, -0.2) is 43.7 Å². The highest BCUT2D eigenvalue weighted by Crippen LogP contribution is 2.29. The Morgan fingerprint density at radius 3 is 3.13 bits per heavy atom. The van der Waals surface area contributed by atoms with Gasteiger partial charge in [0, 0.05) is 30.5 Å². The molecule has 0 aliphatic carbocycles. The number of carbonyl (C=O) groups is 1. The molecule has 82 valence electrons. The predicted molar refractivity (Wildman–Crippen MR) is 53.0 cm³/mol. The van der Waals surface area contributed by atoms with Gasteiger partial charge in [0.2, 0.25) is 5.91 Å². The summed E-state index contributed by atoms with van der Waals surface area (Å²) in [5.74, 6) is 1.03. The standard InChI is InChI=1S/C9H14N4O2/c10-12-11-3-9(14)13-2-1-7-5-15-6-8(7)4-13/h7-8H,1-6H2/t7-,8-/m0/s1. The van der Waals surface area contributed by atoms with Crippen LogP contribution in [0.3, 0.4) is 0 Å². The molecule has 2 atom stereocenters. The van der Waals surface area contributed by atoms with Gasteiger partial charge in [0.25, 0.3) is 0 Å². The SMILES string of the molecule is [N-]=[N+]=NCC(=O)N1CC[C@H]2COC[C@@H]2C1. The summed E-state index contributed by atoms with van der Waals surface area (Å²) in [6.45, 7) is 3.06. The summed E-state index contributed by atoms with van der Waals surface area (Å²) >= 11 is 0. The fourth-order valence-electron chi connectivity index (χ4n) is 2.28. The van der Waals surface area contributed by atoms with Crippen LogP contribution in [0, 0.1) is 11.8 Å². The molecule has 2 fully saturated rings. The molecule has 2 heterocycles. The van der Waals surface area contributed by atoms with Gasteiger partial charge < -0.3 is 9.64 Å². The molecule has 2 aliphatic rings. The zero-order valence-electron chi connectivity index (χ0n) is 8.50. The molecule has 0 aromatic rings. The number of azide groups is 1. The Morgan fingerprint density at radius 1 is 1.53 bits per heavy atom. The Labute approximate surface area is 87.8 Å². The number of carbonyl (C=O) groups excluding carboxylic acids is 1. The topological polar surface area (TPSA) is 78.3 Å². The summed E-state index contributed by atoms with van der Waals surface area (Å²) in [7, 11) is 0. The zero-order chi connectivity index (χ0) is 10.7. The van der Waals surface area contributed by atoms with Gasteiger partial charge in [0.15, 0.2) is 0 Å². The molecule has 6 nitrogen and oxygen atoms in total. The molecule has 2 rings (SSSR count). The summed E-state index contributed by atoms with van der Waals surface area (Å²) in [5.41, 5.74) is 8.13. The first-order valence-electron chi connectivity index (χ1n) is 5.17. The van der Waals surface area contributed by atoms with E-state index in [0.29, 0.717) is 11.8 Å². The Hall–Kier alpha value is -1.26. The highest BCUT2D eigenvalue weighted by Gasteiger charge is 2.34. The average molecular weight is 210 g/mol. The van der Waals surface area contributed by atoms with Crippen LogP contribution in [-0.2, 0) is 9.53 Å². The van der Waals surface area contributed by atoms with E-state index in [1.807, 2.05) is 0 Å². The van der Waals surface area contributed by atoms with Gasteiger partial charge in [-0.05, 0) is 17.9 Å². The van der Waals surface area contributed by atoms with Crippen LogP contribution >= 0.6 is 0 Å². The van der Waals surface area contributed by atoms with E-state index < -0.39 is 0 Å². The highest BCUT2D eigenvalue weighted by molar-refractivity contribution is 5.78. The van der Waals surface area contributed by atoms with Gasteiger partial charge in [-0.15, -0.1) is 0 Å². The third-order valence-corrected chi connectivity index (χ3v) is 3.18. The van der Waals surface area contributed by atoms with Gasteiger partial charge in [0.1, 0.15) is 6.54 Å². The molecule has 0 unspecified atom stereocenters. The maximum atomic E-state index is 11.6. The van der Waals surface area contributed by atoms with Gasteiger partial charge in [-0.1, -0.05) is 5.11 Å². The molecular weight excluding hydrogens is 196 g/mol. The van der Waals surface area contributed by atoms with Crippen LogP contribution in [0.25, 0.3) is 10.4 Å². The van der Waals surface area contributed by atoms with Gasteiger partial charge >= 0.3 is 0 Å². The normalized spacial score (nSPS) is 29.5. The van der Waals surface area contributed by atoms with E-state index in [1.165, 1.54) is 0 Å². The minimum absolute atomic E-state index is 0.0608. The van der Waals surface area contributed by atoms with Crippen LogP contribution in [0.4, 0.5) is 0 Å². The van der Waals surface area contributed by atoms with Crippen molar-refractivity contribution in [3.63, 3.8) is 0 Å². The van der Waals surface area contributed by atoms with E-state index >= 15 is 0 Å². The molecule has 1 amide bonds. The number of piperidine rings is 1. The predicted octanol–water partition coefficient (Wildman–Crippen LogP) is 0.792. The van der Waals surface area contributed by atoms with Gasteiger partial charge in [-0.3, -0.25) is 4.79 Å². The van der Waals surface area contributed by atoms with Gasteiger partial charge in [-0.2, -0.15) is 0 Å². The number of hydrogen-bond acceptors (Lipinski definition) is 3. The maximum absolute atomic E-state index is 11.6. The second-order valence-corrected chi connectivity index (χ2v) is 4.08. The fraction of sp³-hybridized carbons (Fsp3) is 0.889. The van der Waals surface area contributed by atoms with Crippen LogP contribution in [0.15, 0.2) is 5.11 Å². The molecule has 2 aliphatic heterocycles. The number of likely N-dealkylation sites (tertiary alicyclic amines) is 1. The first-order chi connectivity index (χ1) is 7.31. The minimum Gasteiger partial charge on any atom is -0.381 e. The van der Waals surface area contributed by atoms with Crippen LogP contribution in [0.2, 0.25) is 0 Å². The van der Waals surface area contributed by atoms with Crippen molar-refractivity contribution >= 4 is 5.91 Å². The zero-order valence-corrected chi connectivity index (χ0v) is 8.50. The first kappa shape index (κ1) is 10.3. The number of rotatable bonds is 2. The maximum Gasteiger partial charge on any atom is 0.228 e. The van der Waals surface area contributed by atoms with Crippen molar-refractivity contribution in [1.29, 1.82) is 0 Å². The second-order valence-electron chi connectivity index (χ2n) is 4.08. The lowest BCUT2D eigenvalue weighted by atomic mass is 9.89. The minimum atomic E-state index is -0.0712. The van der Waals surface area contributed by atoms with Crippen molar-refractivity contribution in [1.82, 2.24) is 4.90 Å². The quantitative estimate of drug-likeness (QED) is 0.383. The Balaban J connectivity index is 1.89. The number of hydrogen-bond donors (Lipinski definition) is 0. The Bertz CT molecular complexity index is 300. The molecular formula is C9H14N4O2. The molecule has 0 aromatic heterocycles. The van der Waals surface area contributed by atoms with Crippen molar-refractivity contribution in [2.24, 2.45) is 17.0 Å². The number of fused-ring (bicyclic) bond motifs is 1. The molecule has 2 saturated heterocycles. The smallest absolute Gasteiger partial charge is 0.228 e. The summed E-state index contributed by atoms with van der Waals surface area (Å²) in [4.78, 5) is 15.9. The number of amides is 1. The van der Waals surface area contributed by atoms with E-state index in [0.717, 1.165) is 32.7 Å². The van der Waals surface area contributed by atoms with E-state index in [-0.39, 0.29) is 12.5 Å². The summed E-state index contributed by atoms with van der Waals surface area (Å²) in [6, 6.07) is 0. The summed E-state index contributed by atoms with van der Waals surface area (Å²) in [6.07, 6.45) is 1.01. The third-order valence-electron chi connectivity index (χ3n) is 3.18. The highest BCUT2D eigenvalue weighted by atomic mass is 16.5. The molecule has 0 N–H and O–H groups in total. The Kier molecular flexibility index (Phi) is 3.08. The summed E-state index contributed by atoms with van der Waals surface area (Å²) < 4.78 is 5.38. The summed E-state index contributed by atoms with van der Waals surface area (Å²) in [5, 5.41) is 3.29. The van der Waals surface area contributed by atoms with E-state index in [2.05, 4.69) is 10.0 Å². The monoisotopic (exact) mass is 210 g/mol. The molecule has 0 radical (unpaired) electrons. The van der Waals surface area contributed by atoms with Crippen molar-refractivity contribution in [2.45, 2.75) is 6.42 Å². The lowest BCUT2D eigenvalue weighted by molar-refractivity contribution is -0.131. The van der Waals surface area contributed by atoms with E-state index in [9.17, 15) is 4.79 Å². The van der Waals surface area contributed by atoms with Crippen LogP contribution in [0.5, 0.6) is 0 Å². The van der Waals surface area contributed by atoms with E-state index in [4.69, 9.17) is 10.3 Å². The second kappa shape index (κ2) is 4.51. The lowest BCUT2D eigenvalue weighted by Gasteiger charge is -2.33. The number of nitrogens with zero attached hydrogens (tertiary/aromatic N) is 4. The van der Waals surface area contributed by atoms with Crippen LogP contribution in [0.1, 0.15) is 6.42 Å². The first-order valence-corrected chi connectivity index (χ1v) is 5.17. The largest absolute Gasteiger partial charge is 0.381 e.